The predicted molar refractivity (Wildman–Crippen MR) is 78.8 cm³/mol. The van der Waals surface area contributed by atoms with Gasteiger partial charge in [0.2, 0.25) is 5.91 Å². The first kappa shape index (κ1) is 12.6. The molecule has 4 rings (SSSR count). The highest BCUT2D eigenvalue weighted by Gasteiger charge is 2.48. The minimum atomic E-state index is -0.145. The number of hydrogen-bond donors (Lipinski definition) is 2. The maximum atomic E-state index is 12.4. The summed E-state index contributed by atoms with van der Waals surface area (Å²) in [6.07, 6.45) is 2.42. The fraction of sp³-hybridized carbons (Fsp3) is 0.438. The van der Waals surface area contributed by atoms with Crippen molar-refractivity contribution in [1.82, 2.24) is 10.2 Å². The number of ketones is 1. The van der Waals surface area contributed by atoms with Crippen molar-refractivity contribution in [2.75, 3.05) is 5.32 Å². The summed E-state index contributed by atoms with van der Waals surface area (Å²) in [5.74, 6) is 0.473. The van der Waals surface area contributed by atoms with Gasteiger partial charge in [-0.3, -0.25) is 14.7 Å². The lowest BCUT2D eigenvalue weighted by atomic mass is 9.87. The zero-order chi connectivity index (χ0) is 14.6. The Balaban J connectivity index is 1.54. The van der Waals surface area contributed by atoms with Gasteiger partial charge >= 0.3 is 0 Å². The molecular weight excluding hydrogens is 266 g/mol. The Morgan fingerprint density at radius 2 is 2.24 bits per heavy atom. The van der Waals surface area contributed by atoms with Gasteiger partial charge in [-0.2, -0.15) is 5.10 Å². The lowest BCUT2D eigenvalue weighted by molar-refractivity contribution is -0.130. The molecule has 2 aliphatic rings. The van der Waals surface area contributed by atoms with Crippen molar-refractivity contribution in [2.45, 2.75) is 26.2 Å². The molecule has 21 heavy (non-hydrogen) atoms. The van der Waals surface area contributed by atoms with Crippen LogP contribution in [-0.2, 0) is 9.59 Å². The van der Waals surface area contributed by atoms with Gasteiger partial charge in [0.1, 0.15) is 5.78 Å². The lowest BCUT2D eigenvalue weighted by Gasteiger charge is -2.20. The van der Waals surface area contributed by atoms with E-state index in [1.54, 1.807) is 0 Å². The number of benzene rings is 1. The number of aromatic nitrogens is 2. The fourth-order valence-corrected chi connectivity index (χ4v) is 3.85. The van der Waals surface area contributed by atoms with Gasteiger partial charge in [-0.15, -0.1) is 0 Å². The van der Waals surface area contributed by atoms with Crippen molar-refractivity contribution in [1.29, 1.82) is 0 Å². The third kappa shape index (κ3) is 1.95. The largest absolute Gasteiger partial charge is 0.326 e. The van der Waals surface area contributed by atoms with Gasteiger partial charge in [0.15, 0.2) is 0 Å². The van der Waals surface area contributed by atoms with Crippen molar-refractivity contribution in [3.63, 3.8) is 0 Å². The topological polar surface area (TPSA) is 74.8 Å². The molecule has 0 saturated heterocycles. The molecule has 0 radical (unpaired) electrons. The predicted octanol–water partition coefficient (Wildman–Crippen LogP) is 2.43. The summed E-state index contributed by atoms with van der Waals surface area (Å²) < 4.78 is 0. The number of nitrogens with one attached hydrogen (secondary N) is 2. The van der Waals surface area contributed by atoms with E-state index < -0.39 is 0 Å². The fourth-order valence-electron chi connectivity index (χ4n) is 3.85. The number of aryl methyl sites for hydroxylation is 1. The van der Waals surface area contributed by atoms with Gasteiger partial charge in [0.25, 0.3) is 0 Å². The quantitative estimate of drug-likeness (QED) is 0.888. The van der Waals surface area contributed by atoms with Crippen molar-refractivity contribution < 1.29 is 9.59 Å². The molecule has 2 bridgehead atoms. The summed E-state index contributed by atoms with van der Waals surface area (Å²) in [6, 6.07) is 5.71. The van der Waals surface area contributed by atoms with E-state index in [-0.39, 0.29) is 23.5 Å². The molecule has 2 aromatic rings. The number of anilines is 1. The van der Waals surface area contributed by atoms with Gasteiger partial charge in [0, 0.05) is 35.0 Å². The summed E-state index contributed by atoms with van der Waals surface area (Å²) in [7, 11) is 0. The Hall–Kier alpha value is -2.17. The Morgan fingerprint density at radius 1 is 1.38 bits per heavy atom. The van der Waals surface area contributed by atoms with E-state index in [4.69, 9.17) is 0 Å². The number of aromatic amines is 1. The molecule has 1 aromatic carbocycles. The Kier molecular flexibility index (Phi) is 2.64. The van der Waals surface area contributed by atoms with E-state index in [0.717, 1.165) is 35.1 Å². The standard InChI is InChI=1S/C16H17N3O2/c1-8-11-3-2-10(7-14(11)19-18-8)17-16(21)13-5-9-4-12(13)15(20)6-9/h2-3,7,9,12-13H,4-6H2,1H3,(H,17,21)(H,18,19)/t9-,12+,13?/m0/s1. The second-order valence-corrected chi connectivity index (χ2v) is 6.29. The first-order valence-electron chi connectivity index (χ1n) is 7.40. The van der Waals surface area contributed by atoms with Crippen LogP contribution in [0.5, 0.6) is 0 Å². The molecule has 1 heterocycles. The number of carbonyl (C=O) groups is 2. The van der Waals surface area contributed by atoms with Crippen LogP contribution in [0.15, 0.2) is 18.2 Å². The second-order valence-electron chi connectivity index (χ2n) is 6.29. The van der Waals surface area contributed by atoms with Crippen molar-refractivity contribution in [3.05, 3.63) is 23.9 Å². The number of amides is 1. The highest BCUT2D eigenvalue weighted by molar-refractivity contribution is 5.99. The van der Waals surface area contributed by atoms with Gasteiger partial charge < -0.3 is 5.32 Å². The summed E-state index contributed by atoms with van der Waals surface area (Å²) >= 11 is 0. The molecule has 2 fully saturated rings. The first-order valence-corrected chi connectivity index (χ1v) is 7.40. The van der Waals surface area contributed by atoms with Gasteiger partial charge in [0.05, 0.1) is 5.52 Å². The summed E-state index contributed by atoms with van der Waals surface area (Å²) in [5, 5.41) is 11.1. The minimum Gasteiger partial charge on any atom is -0.326 e. The van der Waals surface area contributed by atoms with Crippen molar-refractivity contribution in [3.8, 4) is 0 Å². The van der Waals surface area contributed by atoms with E-state index in [1.807, 2.05) is 25.1 Å². The minimum absolute atomic E-state index is 0.0258. The second kappa shape index (κ2) is 4.41. The highest BCUT2D eigenvalue weighted by atomic mass is 16.2. The number of hydrogen-bond acceptors (Lipinski definition) is 3. The van der Waals surface area contributed by atoms with Crippen LogP contribution in [0.25, 0.3) is 10.9 Å². The average molecular weight is 283 g/mol. The third-order valence-electron chi connectivity index (χ3n) is 4.91. The number of nitrogens with zero attached hydrogens (tertiary/aromatic N) is 1. The van der Waals surface area contributed by atoms with E-state index in [0.29, 0.717) is 12.3 Å². The zero-order valence-electron chi connectivity index (χ0n) is 11.8. The van der Waals surface area contributed by atoms with Crippen LogP contribution >= 0.6 is 0 Å². The molecule has 1 amide bonds. The molecule has 1 aromatic heterocycles. The average Bonchev–Trinajstić information content (AvgIpc) is 3.13. The molecule has 1 unspecified atom stereocenters. The van der Waals surface area contributed by atoms with Crippen LogP contribution in [0.3, 0.4) is 0 Å². The summed E-state index contributed by atoms with van der Waals surface area (Å²) in [6.45, 7) is 1.97. The number of fused-ring (bicyclic) bond motifs is 3. The molecule has 2 aliphatic carbocycles. The molecule has 0 spiro atoms. The molecule has 0 aliphatic heterocycles. The lowest BCUT2D eigenvalue weighted by Crippen LogP contribution is -2.31. The molecule has 5 nitrogen and oxygen atoms in total. The number of H-pyrrole nitrogens is 1. The Labute approximate surface area is 122 Å². The monoisotopic (exact) mass is 283 g/mol. The first-order chi connectivity index (χ1) is 10.1. The van der Waals surface area contributed by atoms with E-state index in [2.05, 4.69) is 15.5 Å². The highest BCUT2D eigenvalue weighted by Crippen LogP contribution is 2.46. The molecular formula is C16H17N3O2. The molecule has 108 valence electrons. The zero-order valence-corrected chi connectivity index (χ0v) is 11.8. The van der Waals surface area contributed by atoms with Crippen LogP contribution in [-0.4, -0.2) is 21.9 Å². The number of carbonyl (C=O) groups excluding carboxylic acids is 2. The molecule has 2 N–H and O–H groups in total. The molecule has 3 atom stereocenters. The SMILES string of the molecule is Cc1[nH]nc2cc(NC(=O)C3C[C@H]4CC(=O)[C@@H]3C4)ccc12. The van der Waals surface area contributed by atoms with Crippen molar-refractivity contribution >= 4 is 28.3 Å². The number of rotatable bonds is 2. The Morgan fingerprint density at radius 3 is 3.00 bits per heavy atom. The van der Waals surface area contributed by atoms with Crippen LogP contribution < -0.4 is 5.32 Å². The molecule has 5 heteroatoms. The Bertz CT molecular complexity index is 749. The van der Waals surface area contributed by atoms with Gasteiger partial charge in [-0.05, 0) is 43.9 Å². The van der Waals surface area contributed by atoms with Gasteiger partial charge in [-0.1, -0.05) is 0 Å². The van der Waals surface area contributed by atoms with E-state index in [9.17, 15) is 9.59 Å². The normalized spacial score (nSPS) is 27.5. The maximum absolute atomic E-state index is 12.4. The van der Waals surface area contributed by atoms with E-state index in [1.165, 1.54) is 0 Å². The van der Waals surface area contributed by atoms with Crippen LogP contribution in [0.1, 0.15) is 25.0 Å². The summed E-state index contributed by atoms with van der Waals surface area (Å²) in [4.78, 5) is 24.2. The smallest absolute Gasteiger partial charge is 0.228 e. The summed E-state index contributed by atoms with van der Waals surface area (Å²) in [5.41, 5.74) is 2.60. The third-order valence-corrected chi connectivity index (χ3v) is 4.91. The van der Waals surface area contributed by atoms with Gasteiger partial charge in [-0.25, -0.2) is 0 Å². The van der Waals surface area contributed by atoms with Crippen molar-refractivity contribution in [2.24, 2.45) is 17.8 Å². The maximum Gasteiger partial charge on any atom is 0.228 e. The number of Topliss-reactive ketones (excluding diaryl/α,β-unsaturated/α-hetero) is 1. The van der Waals surface area contributed by atoms with Crippen LogP contribution in [0.4, 0.5) is 5.69 Å². The van der Waals surface area contributed by atoms with E-state index >= 15 is 0 Å². The van der Waals surface area contributed by atoms with Crippen LogP contribution in [0.2, 0.25) is 0 Å². The van der Waals surface area contributed by atoms with Crippen LogP contribution in [0, 0.1) is 24.7 Å². The molecule has 2 saturated carbocycles.